The molecular formula is C37H37BBr2O5. The number of hydrogen-bond acceptors (Lipinski definition) is 5. The van der Waals surface area contributed by atoms with E-state index in [1.807, 2.05) is 60.7 Å². The fourth-order valence-electron chi connectivity index (χ4n) is 4.09. The van der Waals surface area contributed by atoms with E-state index in [0.717, 1.165) is 57.0 Å². The lowest BCUT2D eigenvalue weighted by molar-refractivity contribution is 0.111. The molecule has 1 aliphatic heterocycles. The van der Waals surface area contributed by atoms with E-state index in [0.29, 0.717) is 16.6 Å². The number of hydrogen-bond donors (Lipinski definition) is 2. The molecule has 1 saturated heterocycles. The minimum absolute atomic E-state index is 0. The van der Waals surface area contributed by atoms with Gasteiger partial charge in [-0.15, -0.1) is 0 Å². The van der Waals surface area contributed by atoms with Crippen molar-refractivity contribution in [3.05, 3.63) is 147 Å². The zero-order valence-corrected chi connectivity index (χ0v) is 27.2. The summed E-state index contributed by atoms with van der Waals surface area (Å²) < 4.78 is 6.76. The SMILES string of the molecule is C.C1CCOC1.O=Cc1cc(-c2ccccc2)cc(-c2ccccc2)c1.O=Cc1cc(Br)cc(Br)c1.OB(O)c1ccccc1. The summed E-state index contributed by atoms with van der Waals surface area (Å²) >= 11 is 6.53. The van der Waals surface area contributed by atoms with Gasteiger partial charge in [-0.05, 0) is 77.0 Å². The van der Waals surface area contributed by atoms with Gasteiger partial charge >= 0.3 is 7.12 Å². The zero-order valence-electron chi connectivity index (χ0n) is 24.1. The summed E-state index contributed by atoms with van der Waals surface area (Å²) in [5, 5.41) is 17.2. The zero-order chi connectivity index (χ0) is 31.6. The van der Waals surface area contributed by atoms with Crippen molar-refractivity contribution in [2.75, 3.05) is 13.2 Å². The van der Waals surface area contributed by atoms with Crippen LogP contribution < -0.4 is 5.46 Å². The van der Waals surface area contributed by atoms with E-state index in [9.17, 15) is 9.59 Å². The molecule has 0 aromatic heterocycles. The van der Waals surface area contributed by atoms with Gasteiger partial charge in [0, 0.05) is 33.3 Å². The quantitative estimate of drug-likeness (QED) is 0.140. The lowest BCUT2D eigenvalue weighted by Crippen LogP contribution is -2.29. The Labute approximate surface area is 283 Å². The van der Waals surface area contributed by atoms with Crippen LogP contribution in [0.25, 0.3) is 22.3 Å². The Hall–Kier alpha value is -3.66. The molecule has 0 saturated carbocycles. The maximum atomic E-state index is 11.2. The van der Waals surface area contributed by atoms with E-state index in [2.05, 4.69) is 62.2 Å². The molecule has 0 aliphatic carbocycles. The van der Waals surface area contributed by atoms with Gasteiger partial charge in [-0.2, -0.15) is 0 Å². The molecule has 5 nitrogen and oxygen atoms in total. The van der Waals surface area contributed by atoms with E-state index < -0.39 is 7.12 Å². The first-order valence-corrected chi connectivity index (χ1v) is 15.6. The molecule has 45 heavy (non-hydrogen) atoms. The largest absolute Gasteiger partial charge is 0.488 e. The standard InChI is InChI=1S/C19H14O.C7H4Br2O.C6H7BO2.C4H8O.CH4/c20-14-15-11-18(16-7-3-1-4-8-16)13-19(12-15)17-9-5-2-6-10-17;8-6-1-5(4-10)2-7(9)3-6;8-7(9)6-4-2-1-3-5-6;1-2-4-5-3-1;/h1-14H;1-4H;1-5,8-9H;1-4H2;1H4. The third-order valence-electron chi connectivity index (χ3n) is 6.25. The summed E-state index contributed by atoms with van der Waals surface area (Å²) in [4.78, 5) is 21.4. The Kier molecular flexibility index (Phi) is 17.6. The lowest BCUT2D eigenvalue weighted by atomic mass is 9.81. The number of carbonyl (C=O) groups is 2. The summed E-state index contributed by atoms with van der Waals surface area (Å²) in [7, 11) is -1.34. The summed E-state index contributed by atoms with van der Waals surface area (Å²) in [6, 6.07) is 40.3. The van der Waals surface area contributed by atoms with Gasteiger partial charge in [0.25, 0.3) is 0 Å². The Morgan fingerprint density at radius 3 is 1.29 bits per heavy atom. The Bertz CT molecular complexity index is 1480. The van der Waals surface area contributed by atoms with Crippen LogP contribution in [0.3, 0.4) is 0 Å². The van der Waals surface area contributed by atoms with Crippen LogP contribution in [0.4, 0.5) is 0 Å². The highest BCUT2D eigenvalue weighted by atomic mass is 79.9. The summed E-state index contributed by atoms with van der Waals surface area (Å²) in [6.45, 7) is 2.00. The van der Waals surface area contributed by atoms with Gasteiger partial charge in [0.1, 0.15) is 12.6 Å². The maximum Gasteiger partial charge on any atom is 0.488 e. The van der Waals surface area contributed by atoms with E-state index in [1.165, 1.54) is 12.8 Å². The average molecular weight is 732 g/mol. The van der Waals surface area contributed by atoms with E-state index in [-0.39, 0.29) is 7.43 Å². The van der Waals surface area contributed by atoms with E-state index >= 15 is 0 Å². The average Bonchev–Trinajstić information content (AvgIpc) is 3.67. The van der Waals surface area contributed by atoms with Gasteiger partial charge in [-0.3, -0.25) is 9.59 Å². The molecule has 8 heteroatoms. The van der Waals surface area contributed by atoms with Crippen molar-refractivity contribution < 1.29 is 24.4 Å². The second-order valence-electron chi connectivity index (χ2n) is 9.62. The molecule has 2 N–H and O–H groups in total. The van der Waals surface area contributed by atoms with Crippen LogP contribution in [-0.2, 0) is 4.74 Å². The van der Waals surface area contributed by atoms with Crippen molar-refractivity contribution >= 4 is 57.0 Å². The summed E-state index contributed by atoms with van der Waals surface area (Å²) in [5.41, 5.74) is 6.26. The van der Waals surface area contributed by atoms with Crippen LogP contribution in [0.1, 0.15) is 41.0 Å². The fourth-order valence-corrected chi connectivity index (χ4v) is 5.42. The molecule has 1 aliphatic rings. The molecular weight excluding hydrogens is 695 g/mol. The van der Waals surface area contributed by atoms with E-state index in [4.69, 9.17) is 14.8 Å². The molecule has 6 rings (SSSR count). The Morgan fingerprint density at radius 2 is 0.956 bits per heavy atom. The maximum absolute atomic E-state index is 11.2. The fraction of sp³-hybridized carbons (Fsp3) is 0.135. The number of ether oxygens (including phenoxy) is 1. The van der Waals surface area contributed by atoms with Crippen LogP contribution in [0.15, 0.2) is 136 Å². The molecule has 0 radical (unpaired) electrons. The summed E-state index contributed by atoms with van der Waals surface area (Å²) in [6.07, 6.45) is 4.27. The van der Waals surface area contributed by atoms with Crippen LogP contribution in [0, 0.1) is 0 Å². The molecule has 5 aromatic carbocycles. The number of benzene rings is 5. The highest BCUT2D eigenvalue weighted by molar-refractivity contribution is 9.11. The predicted molar refractivity (Wildman–Crippen MR) is 193 cm³/mol. The third-order valence-corrected chi connectivity index (χ3v) is 7.17. The molecule has 0 atom stereocenters. The molecule has 0 spiro atoms. The lowest BCUT2D eigenvalue weighted by Gasteiger charge is -2.08. The van der Waals surface area contributed by atoms with Gasteiger partial charge in [0.15, 0.2) is 0 Å². The predicted octanol–water partition coefficient (Wildman–Crippen LogP) is 8.66. The third kappa shape index (κ3) is 13.9. The Morgan fingerprint density at radius 1 is 0.556 bits per heavy atom. The van der Waals surface area contributed by atoms with Crippen molar-refractivity contribution in [1.82, 2.24) is 0 Å². The van der Waals surface area contributed by atoms with Crippen LogP contribution in [0.2, 0.25) is 0 Å². The number of carbonyl (C=O) groups excluding carboxylic acids is 2. The molecule has 1 fully saturated rings. The van der Waals surface area contributed by atoms with Crippen LogP contribution in [0.5, 0.6) is 0 Å². The number of rotatable bonds is 5. The Balaban J connectivity index is 0.000000236. The molecule has 232 valence electrons. The van der Waals surface area contributed by atoms with Gasteiger partial charge in [-0.1, -0.05) is 130 Å². The molecule has 5 aromatic rings. The first kappa shape index (κ1) is 37.5. The highest BCUT2D eigenvalue weighted by Gasteiger charge is 2.07. The van der Waals surface area contributed by atoms with Crippen LogP contribution >= 0.6 is 31.9 Å². The molecule has 0 amide bonds. The van der Waals surface area contributed by atoms with Crippen molar-refractivity contribution in [3.63, 3.8) is 0 Å². The minimum Gasteiger partial charge on any atom is -0.423 e. The first-order valence-electron chi connectivity index (χ1n) is 14.0. The van der Waals surface area contributed by atoms with Gasteiger partial charge in [0.05, 0.1) is 0 Å². The topological polar surface area (TPSA) is 83.8 Å². The monoisotopic (exact) mass is 730 g/mol. The second kappa shape index (κ2) is 21.1. The first-order chi connectivity index (χ1) is 21.4. The van der Waals surface area contributed by atoms with Crippen molar-refractivity contribution in [3.8, 4) is 22.3 Å². The number of aldehydes is 2. The molecule has 0 bridgehead atoms. The minimum atomic E-state index is -1.34. The highest BCUT2D eigenvalue weighted by Crippen LogP contribution is 2.27. The normalized spacial score (nSPS) is 11.1. The van der Waals surface area contributed by atoms with Gasteiger partial charge in [0.2, 0.25) is 0 Å². The summed E-state index contributed by atoms with van der Waals surface area (Å²) in [5.74, 6) is 0. The van der Waals surface area contributed by atoms with Crippen molar-refractivity contribution in [1.29, 1.82) is 0 Å². The van der Waals surface area contributed by atoms with Gasteiger partial charge in [-0.25, -0.2) is 0 Å². The van der Waals surface area contributed by atoms with Gasteiger partial charge < -0.3 is 14.8 Å². The van der Waals surface area contributed by atoms with Crippen molar-refractivity contribution in [2.24, 2.45) is 0 Å². The second-order valence-corrected chi connectivity index (χ2v) is 11.4. The number of halogens is 2. The molecule has 0 unspecified atom stereocenters. The van der Waals surface area contributed by atoms with Crippen LogP contribution in [-0.4, -0.2) is 43.0 Å². The van der Waals surface area contributed by atoms with E-state index in [1.54, 1.807) is 36.4 Å². The smallest absolute Gasteiger partial charge is 0.423 e. The van der Waals surface area contributed by atoms with Crippen molar-refractivity contribution in [2.45, 2.75) is 20.3 Å². The molecule has 1 heterocycles.